The van der Waals surface area contributed by atoms with Crippen molar-refractivity contribution in [3.05, 3.63) is 24.3 Å². The van der Waals surface area contributed by atoms with Gasteiger partial charge in [0.25, 0.3) is 0 Å². The second-order valence-electron chi connectivity index (χ2n) is 2.98. The van der Waals surface area contributed by atoms with Gasteiger partial charge in [0, 0.05) is 0 Å². The number of nitrogens with zero attached hydrogens (tertiary/aromatic N) is 2. The highest BCUT2D eigenvalue weighted by atomic mass is 35.5. The van der Waals surface area contributed by atoms with Crippen LogP contribution in [0.25, 0.3) is 0 Å². The maximum absolute atomic E-state index is 6.19. The molecule has 1 heterocycles. The largest absolute Gasteiger partial charge is 0.323 e. The van der Waals surface area contributed by atoms with Gasteiger partial charge in [-0.15, -0.1) is 23.2 Å². The third-order valence-corrected chi connectivity index (χ3v) is 3.26. The first-order valence-corrected chi connectivity index (χ1v) is 5.68. The predicted molar refractivity (Wildman–Crippen MR) is 62.5 cm³/mol. The zero-order chi connectivity index (χ0) is 10.1. The summed E-state index contributed by atoms with van der Waals surface area (Å²) < 4.78 is 0. The van der Waals surface area contributed by atoms with E-state index >= 15 is 0 Å². The number of rotatable bonds is 2. The molecule has 0 bridgehead atoms. The van der Waals surface area contributed by atoms with Gasteiger partial charge in [-0.05, 0) is 12.1 Å². The van der Waals surface area contributed by atoms with Crippen molar-refractivity contribution >= 4 is 46.2 Å². The van der Waals surface area contributed by atoms with E-state index in [1.165, 1.54) is 0 Å². The molecule has 14 heavy (non-hydrogen) atoms. The Hall–Kier alpha value is -0.310. The van der Waals surface area contributed by atoms with Gasteiger partial charge in [-0.25, -0.2) is 0 Å². The van der Waals surface area contributed by atoms with E-state index < -0.39 is 0 Å². The number of hydrogen-bond acceptors (Lipinski definition) is 2. The molecule has 0 fully saturated rings. The highest BCUT2D eigenvalue weighted by Crippen LogP contribution is 2.40. The lowest BCUT2D eigenvalue weighted by atomic mass is 10.3. The van der Waals surface area contributed by atoms with Crippen molar-refractivity contribution in [3.63, 3.8) is 0 Å². The topological polar surface area (TPSA) is 6.48 Å². The van der Waals surface area contributed by atoms with Crippen LogP contribution in [0.2, 0.25) is 0 Å². The minimum Gasteiger partial charge on any atom is -0.323 e. The number of para-hydroxylation sites is 2. The van der Waals surface area contributed by atoms with Gasteiger partial charge in [-0.1, -0.05) is 23.7 Å². The smallest absolute Gasteiger partial charge is 0.182 e. The monoisotopic (exact) mass is 250 g/mol. The van der Waals surface area contributed by atoms with Crippen LogP contribution < -0.4 is 9.80 Å². The summed E-state index contributed by atoms with van der Waals surface area (Å²) >= 11 is 17.8. The van der Waals surface area contributed by atoms with Crippen LogP contribution in [0.3, 0.4) is 0 Å². The molecule has 0 radical (unpaired) electrons. The lowest BCUT2D eigenvalue weighted by molar-refractivity contribution is 0.816. The van der Waals surface area contributed by atoms with Gasteiger partial charge < -0.3 is 9.80 Å². The molecule has 2 rings (SSSR count). The Morgan fingerprint density at radius 1 is 1.00 bits per heavy atom. The quantitative estimate of drug-likeness (QED) is 0.588. The minimum absolute atomic E-state index is 0.289. The molecule has 0 aliphatic carbocycles. The van der Waals surface area contributed by atoms with E-state index in [0.717, 1.165) is 11.4 Å². The molecule has 1 aromatic rings. The Morgan fingerprint density at radius 2 is 1.43 bits per heavy atom. The number of hydrogen-bond donors (Lipinski definition) is 0. The average molecular weight is 252 g/mol. The van der Waals surface area contributed by atoms with Crippen molar-refractivity contribution in [2.75, 3.05) is 21.8 Å². The number of benzene rings is 1. The second-order valence-corrected chi connectivity index (χ2v) is 3.85. The van der Waals surface area contributed by atoms with Crippen LogP contribution in [0.4, 0.5) is 11.4 Å². The van der Waals surface area contributed by atoms with Crippen LogP contribution in [0.15, 0.2) is 24.3 Å². The van der Waals surface area contributed by atoms with E-state index in [-0.39, 0.29) is 5.62 Å². The Bertz CT molecular complexity index is 301. The van der Waals surface area contributed by atoms with Crippen LogP contribution >= 0.6 is 34.8 Å². The molecule has 0 saturated heterocycles. The number of halogens is 3. The Kier molecular flexibility index (Phi) is 2.96. The van der Waals surface area contributed by atoms with Gasteiger partial charge in [0.1, 0.15) is 0 Å². The normalized spacial score (nSPS) is 16.2. The first kappa shape index (κ1) is 10.2. The van der Waals surface area contributed by atoms with Crippen LogP contribution in [-0.4, -0.2) is 17.6 Å². The summed E-state index contributed by atoms with van der Waals surface area (Å²) in [7, 11) is 0. The number of anilines is 2. The Balaban J connectivity index is 2.45. The van der Waals surface area contributed by atoms with Crippen molar-refractivity contribution < 1.29 is 0 Å². The standard InChI is InChI=1S/C9H9Cl3N2/c10-5-13-7-3-1-2-4-8(7)14(6-11)9(13)12/h1-4,9H,5-6H2. The van der Waals surface area contributed by atoms with E-state index in [1.54, 1.807) is 0 Å². The summed E-state index contributed by atoms with van der Waals surface area (Å²) in [6.45, 7) is 0. The summed E-state index contributed by atoms with van der Waals surface area (Å²) in [5.74, 6) is 0. The van der Waals surface area contributed by atoms with Crippen LogP contribution in [0, 0.1) is 0 Å². The molecule has 76 valence electrons. The maximum Gasteiger partial charge on any atom is 0.182 e. The van der Waals surface area contributed by atoms with E-state index in [1.807, 2.05) is 34.1 Å². The van der Waals surface area contributed by atoms with Crippen molar-refractivity contribution in [3.8, 4) is 0 Å². The van der Waals surface area contributed by atoms with Gasteiger partial charge in [0.15, 0.2) is 5.62 Å². The van der Waals surface area contributed by atoms with E-state index in [4.69, 9.17) is 34.8 Å². The highest BCUT2D eigenvalue weighted by Gasteiger charge is 2.32. The highest BCUT2D eigenvalue weighted by molar-refractivity contribution is 6.28. The van der Waals surface area contributed by atoms with Gasteiger partial charge in [-0.3, -0.25) is 0 Å². The summed E-state index contributed by atoms with van der Waals surface area (Å²) in [4.78, 5) is 3.78. The molecule has 0 unspecified atom stereocenters. The van der Waals surface area contributed by atoms with Crippen molar-refractivity contribution in [1.82, 2.24) is 0 Å². The molecule has 1 aliphatic heterocycles. The number of fused-ring (bicyclic) bond motifs is 1. The molecule has 0 saturated carbocycles. The van der Waals surface area contributed by atoms with Gasteiger partial charge in [-0.2, -0.15) is 0 Å². The lowest BCUT2D eigenvalue weighted by Crippen LogP contribution is -2.37. The first-order chi connectivity index (χ1) is 6.79. The Morgan fingerprint density at radius 3 is 1.79 bits per heavy atom. The van der Waals surface area contributed by atoms with E-state index in [2.05, 4.69) is 0 Å². The van der Waals surface area contributed by atoms with E-state index in [0.29, 0.717) is 12.0 Å². The molecule has 0 spiro atoms. The molecule has 0 N–H and O–H groups in total. The molecular formula is C9H9Cl3N2. The maximum atomic E-state index is 6.19. The van der Waals surface area contributed by atoms with Gasteiger partial charge in [0.2, 0.25) is 0 Å². The zero-order valence-electron chi connectivity index (χ0n) is 7.33. The molecule has 0 aromatic heterocycles. The van der Waals surface area contributed by atoms with Gasteiger partial charge >= 0.3 is 0 Å². The molecule has 0 amide bonds. The number of alkyl halides is 3. The minimum atomic E-state index is -0.289. The van der Waals surface area contributed by atoms with Crippen molar-refractivity contribution in [2.45, 2.75) is 5.62 Å². The van der Waals surface area contributed by atoms with Crippen LogP contribution in [0.5, 0.6) is 0 Å². The van der Waals surface area contributed by atoms with Crippen molar-refractivity contribution in [2.24, 2.45) is 0 Å². The van der Waals surface area contributed by atoms with Crippen LogP contribution in [0.1, 0.15) is 0 Å². The Labute approximate surface area is 97.9 Å². The average Bonchev–Trinajstić information content (AvgIpc) is 2.49. The summed E-state index contributed by atoms with van der Waals surface area (Å²) in [6.07, 6.45) is 0. The van der Waals surface area contributed by atoms with Gasteiger partial charge in [0.05, 0.1) is 23.4 Å². The predicted octanol–water partition coefficient (Wildman–Crippen LogP) is 3.23. The van der Waals surface area contributed by atoms with E-state index in [9.17, 15) is 0 Å². The SMILES string of the molecule is ClCN1c2ccccc2N(CCl)C1Cl. The lowest BCUT2D eigenvalue weighted by Gasteiger charge is -2.24. The zero-order valence-corrected chi connectivity index (χ0v) is 9.60. The molecule has 5 heteroatoms. The molecule has 2 nitrogen and oxygen atoms in total. The first-order valence-electron chi connectivity index (χ1n) is 4.18. The van der Waals surface area contributed by atoms with Crippen LogP contribution in [-0.2, 0) is 0 Å². The van der Waals surface area contributed by atoms with Crippen molar-refractivity contribution in [1.29, 1.82) is 0 Å². The fraction of sp³-hybridized carbons (Fsp3) is 0.333. The molecular weight excluding hydrogens is 242 g/mol. The third-order valence-electron chi connectivity index (χ3n) is 2.27. The molecule has 1 aliphatic rings. The molecule has 1 aromatic carbocycles. The summed E-state index contributed by atoms with van der Waals surface area (Å²) in [5, 5.41) is 0. The summed E-state index contributed by atoms with van der Waals surface area (Å²) in [6, 6.07) is 8.61. The second kappa shape index (κ2) is 4.05. The third kappa shape index (κ3) is 1.42. The fourth-order valence-corrected chi connectivity index (χ4v) is 2.60. The molecule has 0 atom stereocenters. The fourth-order valence-electron chi connectivity index (χ4n) is 1.59. The summed E-state index contributed by atoms with van der Waals surface area (Å²) in [5.41, 5.74) is 1.77.